The van der Waals surface area contributed by atoms with Crippen molar-refractivity contribution in [2.24, 2.45) is 0 Å². The number of carbonyl (C=O) groups is 1. The van der Waals surface area contributed by atoms with E-state index in [4.69, 9.17) is 4.74 Å². The van der Waals surface area contributed by atoms with Gasteiger partial charge in [0.2, 0.25) is 5.91 Å². The molecule has 0 aromatic heterocycles. The van der Waals surface area contributed by atoms with Crippen molar-refractivity contribution in [2.75, 3.05) is 51.3 Å². The van der Waals surface area contributed by atoms with E-state index in [1.807, 2.05) is 47.0 Å². The first-order valence-corrected chi connectivity index (χ1v) is 8.79. The van der Waals surface area contributed by atoms with Crippen molar-refractivity contribution in [1.29, 1.82) is 0 Å². The fraction of sp³-hybridized carbons (Fsp3) is 0.562. The van der Waals surface area contributed by atoms with Gasteiger partial charge in [0.1, 0.15) is 6.61 Å². The van der Waals surface area contributed by atoms with Crippen LogP contribution in [0.2, 0.25) is 0 Å². The van der Waals surface area contributed by atoms with E-state index in [-0.39, 0.29) is 12.5 Å². The summed E-state index contributed by atoms with van der Waals surface area (Å²) >= 11 is 1.87. The van der Waals surface area contributed by atoms with Crippen LogP contribution in [0.5, 0.6) is 0 Å². The summed E-state index contributed by atoms with van der Waals surface area (Å²) in [6.07, 6.45) is 2.13. The molecular weight excluding hydrogens is 284 g/mol. The second-order valence-corrected chi connectivity index (χ2v) is 6.18. The molecule has 1 aromatic rings. The molecule has 2 rings (SSSR count). The Kier molecular flexibility index (Phi) is 7.06. The van der Waals surface area contributed by atoms with Crippen molar-refractivity contribution < 1.29 is 9.53 Å². The summed E-state index contributed by atoms with van der Waals surface area (Å²) in [5.41, 5.74) is 1.10. The third-order valence-electron chi connectivity index (χ3n) is 3.67. The smallest absolute Gasteiger partial charge is 0.248 e. The summed E-state index contributed by atoms with van der Waals surface area (Å²) in [4.78, 5) is 16.4. The van der Waals surface area contributed by atoms with Crippen LogP contribution in [0.1, 0.15) is 5.56 Å². The Morgan fingerprint density at radius 3 is 2.57 bits per heavy atom. The number of hydrogen-bond donors (Lipinski definition) is 0. The second-order valence-electron chi connectivity index (χ2n) is 5.19. The van der Waals surface area contributed by atoms with Gasteiger partial charge in [-0.25, -0.2) is 0 Å². The summed E-state index contributed by atoms with van der Waals surface area (Å²) in [6, 6.07) is 9.96. The van der Waals surface area contributed by atoms with Gasteiger partial charge in [-0.05, 0) is 11.8 Å². The third kappa shape index (κ3) is 5.69. The lowest BCUT2D eigenvalue weighted by Crippen LogP contribution is -2.50. The molecule has 1 saturated heterocycles. The van der Waals surface area contributed by atoms with E-state index in [0.29, 0.717) is 6.61 Å². The maximum Gasteiger partial charge on any atom is 0.248 e. The Labute approximate surface area is 131 Å². The van der Waals surface area contributed by atoms with Crippen LogP contribution >= 0.6 is 11.8 Å². The summed E-state index contributed by atoms with van der Waals surface area (Å²) in [5, 5.41) is 0. The topological polar surface area (TPSA) is 32.8 Å². The van der Waals surface area contributed by atoms with Crippen LogP contribution in [0.4, 0.5) is 0 Å². The number of ether oxygens (including phenoxy) is 1. The van der Waals surface area contributed by atoms with Crippen molar-refractivity contribution in [3.05, 3.63) is 35.9 Å². The average molecular weight is 308 g/mol. The van der Waals surface area contributed by atoms with Gasteiger partial charge in [0.15, 0.2) is 0 Å². The van der Waals surface area contributed by atoms with Gasteiger partial charge in [-0.15, -0.1) is 0 Å². The highest BCUT2D eigenvalue weighted by atomic mass is 32.2. The Morgan fingerprint density at radius 2 is 1.90 bits per heavy atom. The van der Waals surface area contributed by atoms with Crippen molar-refractivity contribution in [3.63, 3.8) is 0 Å². The van der Waals surface area contributed by atoms with Crippen molar-refractivity contribution in [1.82, 2.24) is 9.80 Å². The molecule has 1 fully saturated rings. The SMILES string of the molecule is CSCCN1CCN(C(=O)COCc2ccccc2)CC1. The van der Waals surface area contributed by atoms with E-state index in [1.54, 1.807) is 0 Å². The lowest BCUT2D eigenvalue weighted by atomic mass is 10.2. The maximum absolute atomic E-state index is 12.1. The van der Waals surface area contributed by atoms with Crippen molar-refractivity contribution in [3.8, 4) is 0 Å². The molecule has 0 saturated carbocycles. The molecule has 1 amide bonds. The predicted octanol–water partition coefficient (Wildman–Crippen LogP) is 1.71. The Balaban J connectivity index is 1.63. The van der Waals surface area contributed by atoms with E-state index >= 15 is 0 Å². The predicted molar refractivity (Wildman–Crippen MR) is 87.5 cm³/mol. The molecule has 0 atom stereocenters. The first kappa shape index (κ1) is 16.3. The number of amides is 1. The lowest BCUT2D eigenvalue weighted by molar-refractivity contribution is -0.138. The minimum atomic E-state index is 0.107. The standard InChI is InChI=1S/C16H24N2O2S/c1-21-12-11-17-7-9-18(10-8-17)16(19)14-20-13-15-5-3-2-4-6-15/h2-6H,7-14H2,1H3. The van der Waals surface area contributed by atoms with Gasteiger partial charge < -0.3 is 9.64 Å². The zero-order chi connectivity index (χ0) is 14.9. The molecule has 4 nitrogen and oxygen atoms in total. The lowest BCUT2D eigenvalue weighted by Gasteiger charge is -2.34. The number of thioether (sulfide) groups is 1. The Bertz CT molecular complexity index is 420. The zero-order valence-corrected chi connectivity index (χ0v) is 13.5. The fourth-order valence-corrected chi connectivity index (χ4v) is 2.80. The molecule has 0 unspecified atom stereocenters. The molecule has 116 valence electrons. The minimum absolute atomic E-state index is 0.107. The van der Waals surface area contributed by atoms with E-state index < -0.39 is 0 Å². The maximum atomic E-state index is 12.1. The molecule has 21 heavy (non-hydrogen) atoms. The molecule has 1 aliphatic heterocycles. The molecule has 0 bridgehead atoms. The summed E-state index contributed by atoms with van der Waals surface area (Å²) < 4.78 is 5.52. The number of hydrogen-bond acceptors (Lipinski definition) is 4. The highest BCUT2D eigenvalue weighted by Gasteiger charge is 2.20. The molecule has 0 aliphatic carbocycles. The van der Waals surface area contributed by atoms with Gasteiger partial charge in [-0.3, -0.25) is 9.69 Å². The molecule has 0 N–H and O–H groups in total. The largest absolute Gasteiger partial charge is 0.367 e. The zero-order valence-electron chi connectivity index (χ0n) is 12.7. The quantitative estimate of drug-likeness (QED) is 0.768. The third-order valence-corrected chi connectivity index (χ3v) is 4.26. The highest BCUT2D eigenvalue weighted by Crippen LogP contribution is 2.05. The van der Waals surface area contributed by atoms with E-state index in [9.17, 15) is 4.79 Å². The molecular formula is C16H24N2O2S. The molecule has 1 aliphatic rings. The van der Waals surface area contributed by atoms with Crippen LogP contribution in [0.3, 0.4) is 0 Å². The fourth-order valence-electron chi connectivity index (χ4n) is 2.36. The van der Waals surface area contributed by atoms with Crippen LogP contribution in [-0.4, -0.2) is 67.0 Å². The minimum Gasteiger partial charge on any atom is -0.367 e. The van der Waals surface area contributed by atoms with Crippen LogP contribution < -0.4 is 0 Å². The van der Waals surface area contributed by atoms with Crippen LogP contribution in [0.25, 0.3) is 0 Å². The van der Waals surface area contributed by atoms with E-state index in [1.165, 1.54) is 0 Å². The van der Waals surface area contributed by atoms with Gasteiger partial charge in [-0.1, -0.05) is 30.3 Å². The first-order valence-electron chi connectivity index (χ1n) is 7.40. The average Bonchev–Trinajstić information content (AvgIpc) is 2.54. The summed E-state index contributed by atoms with van der Waals surface area (Å²) in [6.45, 7) is 5.40. The van der Waals surface area contributed by atoms with Crippen LogP contribution in [0, 0.1) is 0 Å². The first-order chi connectivity index (χ1) is 10.3. The normalized spacial score (nSPS) is 16.1. The highest BCUT2D eigenvalue weighted by molar-refractivity contribution is 7.98. The number of nitrogens with zero attached hydrogens (tertiary/aromatic N) is 2. The molecule has 0 spiro atoms. The molecule has 1 heterocycles. The van der Waals surface area contributed by atoms with Gasteiger partial charge in [0.05, 0.1) is 6.61 Å². The number of carbonyl (C=O) groups excluding carboxylic acids is 1. The van der Waals surface area contributed by atoms with Crippen molar-refractivity contribution in [2.45, 2.75) is 6.61 Å². The van der Waals surface area contributed by atoms with Gasteiger partial charge in [-0.2, -0.15) is 11.8 Å². The summed E-state index contributed by atoms with van der Waals surface area (Å²) in [7, 11) is 0. The monoisotopic (exact) mass is 308 g/mol. The Morgan fingerprint density at radius 1 is 1.19 bits per heavy atom. The van der Waals surface area contributed by atoms with E-state index in [0.717, 1.165) is 44.0 Å². The van der Waals surface area contributed by atoms with Crippen molar-refractivity contribution >= 4 is 17.7 Å². The second kappa shape index (κ2) is 9.07. The van der Waals surface area contributed by atoms with E-state index in [2.05, 4.69) is 11.2 Å². The Hall–Kier alpha value is -1.04. The van der Waals surface area contributed by atoms with Gasteiger partial charge in [0, 0.05) is 38.5 Å². The van der Waals surface area contributed by atoms with Gasteiger partial charge >= 0.3 is 0 Å². The number of rotatable bonds is 7. The van der Waals surface area contributed by atoms with Gasteiger partial charge in [0.25, 0.3) is 0 Å². The van der Waals surface area contributed by atoms with Crippen LogP contribution in [-0.2, 0) is 16.1 Å². The molecule has 1 aromatic carbocycles. The van der Waals surface area contributed by atoms with Crippen LogP contribution in [0.15, 0.2) is 30.3 Å². The summed E-state index contributed by atoms with van der Waals surface area (Å²) in [5.74, 6) is 1.27. The molecule has 0 radical (unpaired) electrons. The molecule has 5 heteroatoms. The number of benzene rings is 1. The number of piperazine rings is 1.